The van der Waals surface area contributed by atoms with Crippen LogP contribution in [0.3, 0.4) is 0 Å². The highest BCUT2D eigenvalue weighted by Crippen LogP contribution is 2.45. The summed E-state index contributed by atoms with van der Waals surface area (Å²) in [6.45, 7) is 7.30. The van der Waals surface area contributed by atoms with Crippen LogP contribution in [0.1, 0.15) is 388 Å². The van der Waals surface area contributed by atoms with E-state index in [2.05, 4.69) is 34.6 Å². The number of hydrogen-bond acceptors (Lipinski definition) is 15. The average molecular weight is 1370 g/mol. The highest BCUT2D eigenvalue weighted by molar-refractivity contribution is 7.47. The second kappa shape index (κ2) is 67.3. The van der Waals surface area contributed by atoms with Gasteiger partial charge in [-0.2, -0.15) is 0 Å². The highest BCUT2D eigenvalue weighted by atomic mass is 31.2. The maximum absolute atomic E-state index is 13.1. The number of unbranched alkanes of at least 4 members (excludes halogenated alkanes) is 45. The van der Waals surface area contributed by atoms with Gasteiger partial charge < -0.3 is 33.8 Å². The van der Waals surface area contributed by atoms with E-state index in [0.717, 1.165) is 109 Å². The van der Waals surface area contributed by atoms with Gasteiger partial charge in [-0.1, -0.05) is 336 Å². The van der Waals surface area contributed by atoms with Gasteiger partial charge in [-0.25, -0.2) is 9.13 Å². The monoisotopic (exact) mass is 1370 g/mol. The third-order valence-corrected chi connectivity index (χ3v) is 19.5. The van der Waals surface area contributed by atoms with Gasteiger partial charge in [-0.05, 0) is 31.6 Å². The number of esters is 4. The lowest BCUT2D eigenvalue weighted by atomic mass is 9.99. The molecule has 6 atom stereocenters. The lowest BCUT2D eigenvalue weighted by molar-refractivity contribution is -0.161. The minimum Gasteiger partial charge on any atom is -0.462 e. The molecule has 0 rings (SSSR count). The van der Waals surface area contributed by atoms with Crippen LogP contribution in [0.5, 0.6) is 0 Å². The number of ether oxygens (including phenoxy) is 4. The molecule has 3 N–H and O–H groups in total. The van der Waals surface area contributed by atoms with Crippen LogP contribution >= 0.6 is 15.6 Å². The molecule has 0 radical (unpaired) electrons. The summed E-state index contributed by atoms with van der Waals surface area (Å²) in [6, 6.07) is 0. The van der Waals surface area contributed by atoms with Crippen molar-refractivity contribution < 1.29 is 80.2 Å². The number of aliphatic hydroxyl groups excluding tert-OH is 1. The molecular formula is C74H144O17P2. The van der Waals surface area contributed by atoms with Crippen LogP contribution in [0.25, 0.3) is 0 Å². The van der Waals surface area contributed by atoms with E-state index < -0.39 is 97.5 Å². The van der Waals surface area contributed by atoms with Gasteiger partial charge in [-0.3, -0.25) is 37.3 Å². The lowest BCUT2D eigenvalue weighted by Crippen LogP contribution is -2.30. The zero-order chi connectivity index (χ0) is 68.4. The van der Waals surface area contributed by atoms with Crippen molar-refractivity contribution in [2.75, 3.05) is 39.6 Å². The van der Waals surface area contributed by atoms with Crippen LogP contribution < -0.4 is 0 Å². The summed E-state index contributed by atoms with van der Waals surface area (Å²) in [5.74, 6) is -1.25. The molecule has 0 aromatic heterocycles. The summed E-state index contributed by atoms with van der Waals surface area (Å²) >= 11 is 0. The van der Waals surface area contributed by atoms with Crippen molar-refractivity contribution >= 4 is 39.5 Å². The Morgan fingerprint density at radius 1 is 0.301 bits per heavy atom. The molecule has 93 heavy (non-hydrogen) atoms. The van der Waals surface area contributed by atoms with Gasteiger partial charge in [0.1, 0.15) is 19.3 Å². The number of carbonyl (C=O) groups is 4. The first kappa shape index (κ1) is 91.1. The van der Waals surface area contributed by atoms with Gasteiger partial charge in [0.2, 0.25) is 0 Å². The molecule has 0 saturated heterocycles. The Morgan fingerprint density at radius 3 is 0.763 bits per heavy atom. The summed E-state index contributed by atoms with van der Waals surface area (Å²) in [7, 11) is -9.90. The minimum absolute atomic E-state index is 0.107. The van der Waals surface area contributed by atoms with E-state index in [1.807, 2.05) is 0 Å². The van der Waals surface area contributed by atoms with Crippen LogP contribution in [-0.4, -0.2) is 96.7 Å². The number of aliphatic hydroxyl groups is 1. The number of phosphoric ester groups is 2. The molecular weight excluding hydrogens is 1220 g/mol. The van der Waals surface area contributed by atoms with E-state index in [1.54, 1.807) is 0 Å². The van der Waals surface area contributed by atoms with Crippen LogP contribution in [0.2, 0.25) is 0 Å². The fourth-order valence-electron chi connectivity index (χ4n) is 11.3. The van der Waals surface area contributed by atoms with Crippen LogP contribution in [0, 0.1) is 5.92 Å². The summed E-state index contributed by atoms with van der Waals surface area (Å²) in [4.78, 5) is 72.5. The van der Waals surface area contributed by atoms with Crippen molar-refractivity contribution in [1.82, 2.24) is 0 Å². The SMILES string of the molecule is CCCCCCCCCCCCCCCC(=O)OC[C@H](COP(=O)(O)OC[C@@H](O)COP(=O)(O)OC[C@@H](COC(=O)CCCCCCCCC)OC(=O)CCCCCCCCCCCCC)OC(=O)CCCCCCCCCCCCCCCCCCCCC(C)CC. The Kier molecular flexibility index (Phi) is 65.9. The van der Waals surface area contributed by atoms with Gasteiger partial charge in [0, 0.05) is 25.7 Å². The molecule has 0 aromatic rings. The first-order valence-electron chi connectivity index (χ1n) is 38.7. The Morgan fingerprint density at radius 2 is 0.516 bits per heavy atom. The number of phosphoric acid groups is 2. The predicted octanol–water partition coefficient (Wildman–Crippen LogP) is 21.7. The zero-order valence-electron chi connectivity index (χ0n) is 60.4. The molecule has 0 amide bonds. The molecule has 17 nitrogen and oxygen atoms in total. The Bertz CT molecular complexity index is 1790. The first-order chi connectivity index (χ1) is 45.1. The fourth-order valence-corrected chi connectivity index (χ4v) is 12.9. The van der Waals surface area contributed by atoms with Crippen molar-refractivity contribution in [3.8, 4) is 0 Å². The number of rotatable bonds is 74. The molecule has 0 spiro atoms. The molecule has 0 fully saturated rings. The molecule has 0 bridgehead atoms. The summed E-state index contributed by atoms with van der Waals surface area (Å²) in [6.07, 6.45) is 55.6. The van der Waals surface area contributed by atoms with E-state index in [9.17, 15) is 43.2 Å². The van der Waals surface area contributed by atoms with Crippen LogP contribution in [-0.2, 0) is 65.4 Å². The summed E-state index contributed by atoms with van der Waals surface area (Å²) in [5.41, 5.74) is 0. The topological polar surface area (TPSA) is 237 Å². The van der Waals surface area contributed by atoms with Crippen LogP contribution in [0.15, 0.2) is 0 Å². The Hall–Kier alpha value is -1.94. The lowest BCUT2D eigenvalue weighted by Gasteiger charge is -2.21. The minimum atomic E-state index is -4.95. The van der Waals surface area contributed by atoms with E-state index >= 15 is 0 Å². The van der Waals surface area contributed by atoms with E-state index in [4.69, 9.17) is 37.0 Å². The van der Waals surface area contributed by atoms with Gasteiger partial charge in [0.25, 0.3) is 0 Å². The smallest absolute Gasteiger partial charge is 0.462 e. The quantitative estimate of drug-likeness (QED) is 0.0222. The van der Waals surface area contributed by atoms with Crippen molar-refractivity contribution in [2.45, 2.75) is 406 Å². The maximum Gasteiger partial charge on any atom is 0.472 e. The normalized spacial score (nSPS) is 14.3. The van der Waals surface area contributed by atoms with Gasteiger partial charge in [0.05, 0.1) is 26.4 Å². The molecule has 0 saturated carbocycles. The second-order valence-electron chi connectivity index (χ2n) is 26.9. The maximum atomic E-state index is 13.1. The highest BCUT2D eigenvalue weighted by Gasteiger charge is 2.30. The first-order valence-corrected chi connectivity index (χ1v) is 41.7. The molecule has 3 unspecified atom stereocenters. The number of carbonyl (C=O) groups excluding carboxylic acids is 4. The molecule has 552 valence electrons. The standard InChI is InChI=1S/C74H144O17P2/c1-6-10-13-16-19-21-23-30-35-38-43-48-53-58-72(77)85-64-70(91-74(79)60-55-50-45-40-36-32-29-27-25-24-26-28-31-34-37-42-46-51-56-67(5)9-4)66-89-93(82,83)87-62-68(75)61-86-92(80,81)88-65-69(63-84-71(76)57-52-47-41-18-15-12-8-3)90-73(78)59-54-49-44-39-33-22-20-17-14-11-7-2/h67-70,75H,6-66H2,1-5H3,(H,80,81)(H,82,83)/t67?,68-,69+,70+/m0/s1. The predicted molar refractivity (Wildman–Crippen MR) is 377 cm³/mol. The molecule has 0 aliphatic rings. The van der Waals surface area contributed by atoms with Crippen molar-refractivity contribution in [3.05, 3.63) is 0 Å². The number of hydrogen-bond donors (Lipinski definition) is 3. The van der Waals surface area contributed by atoms with E-state index in [1.165, 1.54) is 199 Å². The van der Waals surface area contributed by atoms with E-state index in [-0.39, 0.29) is 25.7 Å². The van der Waals surface area contributed by atoms with Gasteiger partial charge in [0.15, 0.2) is 12.2 Å². The largest absolute Gasteiger partial charge is 0.472 e. The van der Waals surface area contributed by atoms with Crippen LogP contribution in [0.4, 0.5) is 0 Å². The van der Waals surface area contributed by atoms with Crippen molar-refractivity contribution in [1.29, 1.82) is 0 Å². The fraction of sp³-hybridized carbons (Fsp3) is 0.946. The van der Waals surface area contributed by atoms with E-state index in [0.29, 0.717) is 25.7 Å². The molecule has 19 heteroatoms. The second-order valence-corrected chi connectivity index (χ2v) is 29.8. The summed E-state index contributed by atoms with van der Waals surface area (Å²) in [5, 5.41) is 10.6. The molecule has 0 aliphatic heterocycles. The third-order valence-electron chi connectivity index (χ3n) is 17.6. The van der Waals surface area contributed by atoms with Gasteiger partial charge >= 0.3 is 39.5 Å². The molecule has 0 aromatic carbocycles. The Balaban J connectivity index is 5.14. The molecule has 0 aliphatic carbocycles. The summed E-state index contributed by atoms with van der Waals surface area (Å²) < 4.78 is 68.3. The van der Waals surface area contributed by atoms with Crippen molar-refractivity contribution in [2.24, 2.45) is 5.92 Å². The van der Waals surface area contributed by atoms with Gasteiger partial charge in [-0.15, -0.1) is 0 Å². The van der Waals surface area contributed by atoms with Crippen molar-refractivity contribution in [3.63, 3.8) is 0 Å². The molecule has 0 heterocycles. The third kappa shape index (κ3) is 67.0. The zero-order valence-corrected chi connectivity index (χ0v) is 62.2. The Labute approximate surface area is 568 Å². The average Bonchev–Trinajstić information content (AvgIpc) is 2.55.